The van der Waals surface area contributed by atoms with Crippen LogP contribution in [-0.2, 0) is 4.79 Å². The van der Waals surface area contributed by atoms with E-state index < -0.39 is 0 Å². The number of carbonyl (C=O) groups is 1. The third kappa shape index (κ3) is 8.46. The van der Waals surface area contributed by atoms with Gasteiger partial charge in [-0.1, -0.05) is 38.1 Å². The summed E-state index contributed by atoms with van der Waals surface area (Å²) in [6.07, 6.45) is 5.26. The lowest BCUT2D eigenvalue weighted by Gasteiger charge is -2.37. The molecule has 0 aromatic heterocycles. The zero-order valence-electron chi connectivity index (χ0n) is 22.6. The Morgan fingerprint density at radius 2 is 1.74 bits per heavy atom. The van der Waals surface area contributed by atoms with Crippen LogP contribution in [0.15, 0.2) is 40.7 Å². The Morgan fingerprint density at radius 1 is 1.09 bits per heavy atom. The van der Waals surface area contributed by atoms with Crippen LogP contribution in [0.1, 0.15) is 70.9 Å². The van der Waals surface area contributed by atoms with Crippen molar-refractivity contribution in [2.24, 2.45) is 16.3 Å². The summed E-state index contributed by atoms with van der Waals surface area (Å²) in [4.78, 5) is 22.3. The van der Waals surface area contributed by atoms with Gasteiger partial charge in [-0.3, -0.25) is 14.7 Å². The molecule has 1 aromatic carbocycles. The van der Waals surface area contributed by atoms with E-state index in [0.717, 1.165) is 56.7 Å². The van der Waals surface area contributed by atoms with E-state index in [1.165, 1.54) is 31.5 Å². The molecular formula is C29H46N4O2. The van der Waals surface area contributed by atoms with E-state index in [4.69, 9.17) is 4.99 Å². The second-order valence-corrected chi connectivity index (χ2v) is 11.2. The molecule has 194 valence electrons. The number of carbonyl (C=O) groups excluding carboxylic acids is 1. The van der Waals surface area contributed by atoms with Crippen LogP contribution in [0.5, 0.6) is 0 Å². The van der Waals surface area contributed by atoms with Crippen LogP contribution in [-0.4, -0.2) is 72.3 Å². The van der Waals surface area contributed by atoms with Gasteiger partial charge in [0.25, 0.3) is 0 Å². The molecule has 2 heterocycles. The van der Waals surface area contributed by atoms with Gasteiger partial charge >= 0.3 is 0 Å². The number of piperidine rings is 2. The molecule has 0 spiro atoms. The number of amides is 1. The number of nitrogens with one attached hydrogen (secondary N) is 1. The zero-order chi connectivity index (χ0) is 25.4. The number of aliphatic hydroxyl groups is 1. The van der Waals surface area contributed by atoms with Gasteiger partial charge in [-0.05, 0) is 102 Å². The smallest absolute Gasteiger partial charge is 0.223 e. The van der Waals surface area contributed by atoms with Gasteiger partial charge < -0.3 is 15.3 Å². The first-order valence-electron chi connectivity index (χ1n) is 13.4. The Hall–Kier alpha value is -2.18. The van der Waals surface area contributed by atoms with Crippen LogP contribution in [0.2, 0.25) is 0 Å². The monoisotopic (exact) mass is 482 g/mol. The van der Waals surface area contributed by atoms with Crippen molar-refractivity contribution in [2.75, 3.05) is 45.8 Å². The van der Waals surface area contributed by atoms with Gasteiger partial charge in [0.2, 0.25) is 5.91 Å². The summed E-state index contributed by atoms with van der Waals surface area (Å²) in [6.45, 7) is 17.0. The van der Waals surface area contributed by atoms with Crippen molar-refractivity contribution in [2.45, 2.75) is 66.7 Å². The van der Waals surface area contributed by atoms with Crippen LogP contribution in [0.3, 0.4) is 0 Å². The molecule has 2 fully saturated rings. The van der Waals surface area contributed by atoms with Crippen molar-refractivity contribution in [1.82, 2.24) is 15.1 Å². The average molecular weight is 483 g/mol. The normalized spacial score (nSPS) is 21.0. The number of hydrogen-bond donors (Lipinski definition) is 2. The van der Waals surface area contributed by atoms with E-state index in [9.17, 15) is 9.90 Å². The molecule has 0 atom stereocenters. The topological polar surface area (TPSA) is 68.2 Å². The van der Waals surface area contributed by atoms with Crippen molar-refractivity contribution < 1.29 is 9.90 Å². The maximum absolute atomic E-state index is 12.7. The molecule has 0 aliphatic carbocycles. The van der Waals surface area contributed by atoms with E-state index in [1.54, 1.807) is 6.92 Å². The molecule has 2 saturated heterocycles. The highest BCUT2D eigenvalue weighted by Gasteiger charge is 2.26. The van der Waals surface area contributed by atoms with Gasteiger partial charge in [0, 0.05) is 24.7 Å². The first kappa shape index (κ1) is 27.4. The Kier molecular flexibility index (Phi) is 9.93. The van der Waals surface area contributed by atoms with Crippen LogP contribution < -0.4 is 5.32 Å². The molecule has 1 aromatic rings. The molecule has 2 N–H and O–H groups in total. The minimum atomic E-state index is 0.0851. The SMILES string of the molecule is C/C(O)=C(CN1CCC(C(=O)NCCCN2CCC(C)(C)CC2)CC1)/N=C(\C)c1ccccc1C. The minimum Gasteiger partial charge on any atom is -0.511 e. The van der Waals surface area contributed by atoms with Crippen molar-refractivity contribution in [3.63, 3.8) is 0 Å². The van der Waals surface area contributed by atoms with Crippen LogP contribution >= 0.6 is 0 Å². The molecule has 1 amide bonds. The molecule has 6 nitrogen and oxygen atoms in total. The number of benzene rings is 1. The molecule has 0 radical (unpaired) electrons. The Labute approximate surface area is 212 Å². The van der Waals surface area contributed by atoms with E-state index in [0.29, 0.717) is 17.7 Å². The molecular weight excluding hydrogens is 436 g/mol. The van der Waals surface area contributed by atoms with Crippen LogP contribution in [0, 0.1) is 18.3 Å². The van der Waals surface area contributed by atoms with Crippen molar-refractivity contribution in [3.05, 3.63) is 46.8 Å². The summed E-state index contributed by atoms with van der Waals surface area (Å²) in [5.74, 6) is 0.545. The number of aliphatic hydroxyl groups excluding tert-OH is 1. The largest absolute Gasteiger partial charge is 0.511 e. The van der Waals surface area contributed by atoms with Gasteiger partial charge in [0.05, 0.1) is 5.70 Å². The fourth-order valence-corrected chi connectivity index (χ4v) is 5.08. The standard InChI is InChI=1S/C29H46N4O2/c1-22-9-6-7-10-26(22)23(2)31-27(24(3)34)21-33-17-11-25(12-18-33)28(35)30-15-8-16-32-19-13-29(4,5)14-20-32/h6-7,9-10,25,34H,8,11-21H2,1-5H3,(H,30,35)/b27-24-,31-23+. The molecule has 0 saturated carbocycles. The second kappa shape index (κ2) is 12.7. The summed E-state index contributed by atoms with van der Waals surface area (Å²) in [5.41, 5.74) is 4.38. The molecule has 0 unspecified atom stereocenters. The van der Waals surface area contributed by atoms with Gasteiger partial charge in [0.1, 0.15) is 5.76 Å². The summed E-state index contributed by atoms with van der Waals surface area (Å²) >= 11 is 0. The van der Waals surface area contributed by atoms with E-state index >= 15 is 0 Å². The lowest BCUT2D eigenvalue weighted by atomic mass is 9.83. The average Bonchev–Trinajstić information content (AvgIpc) is 2.82. The molecule has 3 rings (SSSR count). The number of aryl methyl sites for hydroxylation is 1. The number of allylic oxidation sites excluding steroid dienone is 1. The van der Waals surface area contributed by atoms with Crippen molar-refractivity contribution in [3.8, 4) is 0 Å². The minimum absolute atomic E-state index is 0.0851. The third-order valence-electron chi connectivity index (χ3n) is 7.75. The van der Waals surface area contributed by atoms with Gasteiger partial charge in [-0.15, -0.1) is 0 Å². The van der Waals surface area contributed by atoms with Crippen molar-refractivity contribution >= 4 is 11.6 Å². The summed E-state index contributed by atoms with van der Waals surface area (Å²) in [5, 5.41) is 13.4. The lowest BCUT2D eigenvalue weighted by molar-refractivity contribution is -0.126. The molecule has 6 heteroatoms. The first-order valence-corrected chi connectivity index (χ1v) is 13.4. The molecule has 35 heavy (non-hydrogen) atoms. The highest BCUT2D eigenvalue weighted by atomic mass is 16.3. The summed E-state index contributed by atoms with van der Waals surface area (Å²) in [7, 11) is 0. The van der Waals surface area contributed by atoms with E-state index in [1.807, 2.05) is 19.1 Å². The second-order valence-electron chi connectivity index (χ2n) is 11.2. The third-order valence-corrected chi connectivity index (χ3v) is 7.75. The van der Waals surface area contributed by atoms with Crippen molar-refractivity contribution in [1.29, 1.82) is 0 Å². The first-order chi connectivity index (χ1) is 16.6. The maximum atomic E-state index is 12.7. The predicted octanol–water partition coefficient (Wildman–Crippen LogP) is 4.93. The number of likely N-dealkylation sites (tertiary alicyclic amines) is 2. The highest BCUT2D eigenvalue weighted by molar-refractivity contribution is 6.00. The fraction of sp³-hybridized carbons (Fsp3) is 0.655. The zero-order valence-corrected chi connectivity index (χ0v) is 22.6. The number of hydrogen-bond acceptors (Lipinski definition) is 5. The molecule has 2 aliphatic heterocycles. The van der Waals surface area contributed by atoms with Gasteiger partial charge in [-0.2, -0.15) is 0 Å². The van der Waals surface area contributed by atoms with E-state index in [2.05, 4.69) is 48.0 Å². The predicted molar refractivity (Wildman–Crippen MR) is 145 cm³/mol. The van der Waals surface area contributed by atoms with Gasteiger partial charge in [-0.25, -0.2) is 0 Å². The summed E-state index contributed by atoms with van der Waals surface area (Å²) < 4.78 is 0. The quantitative estimate of drug-likeness (QED) is 0.297. The molecule has 2 aliphatic rings. The maximum Gasteiger partial charge on any atom is 0.223 e. The van der Waals surface area contributed by atoms with Crippen LogP contribution in [0.25, 0.3) is 0 Å². The number of nitrogens with zero attached hydrogens (tertiary/aromatic N) is 3. The number of rotatable bonds is 9. The Bertz CT molecular complexity index is 899. The Morgan fingerprint density at radius 3 is 2.37 bits per heavy atom. The van der Waals surface area contributed by atoms with Gasteiger partial charge in [0.15, 0.2) is 0 Å². The fourth-order valence-electron chi connectivity index (χ4n) is 5.08. The highest BCUT2D eigenvalue weighted by Crippen LogP contribution is 2.29. The summed E-state index contributed by atoms with van der Waals surface area (Å²) in [6, 6.07) is 8.18. The Balaban J connectivity index is 1.40. The van der Waals surface area contributed by atoms with E-state index in [-0.39, 0.29) is 17.6 Å². The lowest BCUT2D eigenvalue weighted by Crippen LogP contribution is -2.42. The molecule has 0 bridgehead atoms. The number of aliphatic imine (C=N–C) groups is 1. The van der Waals surface area contributed by atoms with Crippen LogP contribution in [0.4, 0.5) is 0 Å².